The number of nitrogens with zero attached hydrogens (tertiary/aromatic N) is 4. The van der Waals surface area contributed by atoms with E-state index in [9.17, 15) is 4.79 Å². The summed E-state index contributed by atoms with van der Waals surface area (Å²) in [6.45, 7) is 6.10. The van der Waals surface area contributed by atoms with Crippen LogP contribution in [0.1, 0.15) is 48.7 Å². The van der Waals surface area contributed by atoms with Gasteiger partial charge < -0.3 is 5.11 Å². The first-order chi connectivity index (χ1) is 9.01. The van der Waals surface area contributed by atoms with Gasteiger partial charge in [-0.2, -0.15) is 0 Å². The lowest BCUT2D eigenvalue weighted by molar-refractivity contribution is 0.0691. The summed E-state index contributed by atoms with van der Waals surface area (Å²) in [7, 11) is 0. The maximum absolute atomic E-state index is 10.8. The number of hydrogen-bond acceptors (Lipinski definition) is 4. The minimum atomic E-state index is -1.05. The van der Waals surface area contributed by atoms with Crippen molar-refractivity contribution < 1.29 is 9.90 Å². The zero-order chi connectivity index (χ0) is 14.0. The Hall–Kier alpha value is -2.24. The van der Waals surface area contributed by atoms with Crippen molar-refractivity contribution in [3.8, 4) is 5.82 Å². The monoisotopic (exact) mass is 260 g/mol. The highest BCUT2D eigenvalue weighted by Crippen LogP contribution is 2.16. The number of carboxylic acids is 1. The minimum Gasteiger partial charge on any atom is -0.476 e. The first kappa shape index (κ1) is 13.2. The number of rotatable bonds is 4. The van der Waals surface area contributed by atoms with Crippen LogP contribution < -0.4 is 0 Å². The predicted octanol–water partition coefficient (Wildman–Crippen LogP) is 2.05. The van der Waals surface area contributed by atoms with Gasteiger partial charge in [0.2, 0.25) is 0 Å². The zero-order valence-electron chi connectivity index (χ0n) is 11.2. The fraction of sp³-hybridized carbons (Fsp3) is 0.385. The molecule has 0 saturated heterocycles. The molecule has 2 heterocycles. The molecule has 0 atom stereocenters. The second-order valence-corrected chi connectivity index (χ2v) is 4.55. The van der Waals surface area contributed by atoms with Crippen LogP contribution in [0.4, 0.5) is 0 Å². The minimum absolute atomic E-state index is 0.00255. The second kappa shape index (κ2) is 5.17. The van der Waals surface area contributed by atoms with E-state index in [0.29, 0.717) is 5.82 Å². The van der Waals surface area contributed by atoms with Crippen molar-refractivity contribution in [1.29, 1.82) is 0 Å². The van der Waals surface area contributed by atoms with Gasteiger partial charge >= 0.3 is 5.97 Å². The van der Waals surface area contributed by atoms with E-state index in [-0.39, 0.29) is 11.6 Å². The molecule has 0 saturated carbocycles. The van der Waals surface area contributed by atoms with E-state index < -0.39 is 5.97 Å². The van der Waals surface area contributed by atoms with E-state index in [0.717, 1.165) is 17.9 Å². The third kappa shape index (κ3) is 2.78. The maximum Gasteiger partial charge on any atom is 0.356 e. The summed E-state index contributed by atoms with van der Waals surface area (Å²) in [5.41, 5.74) is 0.940. The number of aryl methyl sites for hydroxylation is 1. The molecule has 0 aliphatic rings. The highest BCUT2D eigenvalue weighted by atomic mass is 16.4. The molecule has 0 aromatic carbocycles. The molecule has 0 fully saturated rings. The van der Waals surface area contributed by atoms with Crippen LogP contribution in [0, 0.1) is 0 Å². The topological polar surface area (TPSA) is 80.9 Å². The van der Waals surface area contributed by atoms with Crippen LogP contribution in [0.15, 0.2) is 18.6 Å². The highest BCUT2D eigenvalue weighted by molar-refractivity contribution is 5.85. The van der Waals surface area contributed by atoms with E-state index in [1.807, 2.05) is 13.0 Å². The molecule has 6 heteroatoms. The summed E-state index contributed by atoms with van der Waals surface area (Å²) in [5, 5.41) is 8.88. The van der Waals surface area contributed by atoms with Crippen LogP contribution >= 0.6 is 0 Å². The van der Waals surface area contributed by atoms with E-state index in [1.165, 1.54) is 12.5 Å². The molecule has 0 bridgehead atoms. The van der Waals surface area contributed by atoms with Gasteiger partial charge in [-0.1, -0.05) is 20.8 Å². The molecule has 2 aromatic heterocycles. The first-order valence-corrected chi connectivity index (χ1v) is 6.16. The van der Waals surface area contributed by atoms with Gasteiger partial charge in [0.15, 0.2) is 5.69 Å². The molecule has 2 rings (SSSR count). The Bertz CT molecular complexity index is 604. The van der Waals surface area contributed by atoms with E-state index >= 15 is 0 Å². The summed E-state index contributed by atoms with van der Waals surface area (Å²) >= 11 is 0. The van der Waals surface area contributed by atoms with Gasteiger partial charge in [0.1, 0.15) is 18.0 Å². The predicted molar refractivity (Wildman–Crippen MR) is 69.6 cm³/mol. The van der Waals surface area contributed by atoms with Crippen LogP contribution in [0.5, 0.6) is 0 Å². The Labute approximate surface area is 111 Å². The van der Waals surface area contributed by atoms with Crippen molar-refractivity contribution in [1.82, 2.24) is 19.5 Å². The van der Waals surface area contributed by atoms with E-state index in [1.54, 1.807) is 4.57 Å². The van der Waals surface area contributed by atoms with Gasteiger partial charge in [-0.15, -0.1) is 0 Å². The van der Waals surface area contributed by atoms with E-state index in [2.05, 4.69) is 28.8 Å². The van der Waals surface area contributed by atoms with Gasteiger partial charge in [-0.25, -0.2) is 19.7 Å². The number of carbonyl (C=O) groups is 1. The molecule has 100 valence electrons. The number of aromatic carboxylic acids is 1. The normalized spacial score (nSPS) is 10.9. The number of imidazole rings is 1. The lowest BCUT2D eigenvalue weighted by atomic mass is 10.1. The zero-order valence-corrected chi connectivity index (χ0v) is 11.2. The molecule has 0 unspecified atom stereocenters. The molecule has 0 radical (unpaired) electrons. The van der Waals surface area contributed by atoms with Crippen LogP contribution in [0.3, 0.4) is 0 Å². The van der Waals surface area contributed by atoms with E-state index in [4.69, 9.17) is 5.11 Å². The number of aromatic nitrogens is 4. The molecule has 2 aromatic rings. The van der Waals surface area contributed by atoms with Crippen molar-refractivity contribution in [2.24, 2.45) is 0 Å². The van der Waals surface area contributed by atoms with Crippen molar-refractivity contribution in [2.75, 3.05) is 0 Å². The third-order valence-corrected chi connectivity index (χ3v) is 2.75. The van der Waals surface area contributed by atoms with Crippen LogP contribution in [-0.2, 0) is 6.42 Å². The summed E-state index contributed by atoms with van der Waals surface area (Å²) in [4.78, 5) is 23.5. The number of carboxylic acid groups (broad SMARTS) is 1. The molecule has 0 aliphatic carbocycles. The fourth-order valence-corrected chi connectivity index (χ4v) is 1.65. The highest BCUT2D eigenvalue weighted by Gasteiger charge is 2.11. The van der Waals surface area contributed by atoms with Gasteiger partial charge in [0.25, 0.3) is 0 Å². The summed E-state index contributed by atoms with van der Waals surface area (Å²) < 4.78 is 1.61. The Morgan fingerprint density at radius 1 is 1.42 bits per heavy atom. The average Bonchev–Trinajstić information content (AvgIpc) is 2.87. The smallest absolute Gasteiger partial charge is 0.356 e. The standard InChI is InChI=1S/C13H16N4O2/c1-4-11-15-9(8(2)3)5-12(16-11)17-6-10(13(18)19)14-7-17/h5-8H,4H2,1-3H3,(H,18,19). The van der Waals surface area contributed by atoms with Crippen molar-refractivity contribution in [3.63, 3.8) is 0 Å². The first-order valence-electron chi connectivity index (χ1n) is 6.16. The van der Waals surface area contributed by atoms with Crippen LogP contribution in [0.25, 0.3) is 5.82 Å². The largest absolute Gasteiger partial charge is 0.476 e. The Kier molecular flexibility index (Phi) is 3.59. The van der Waals surface area contributed by atoms with Crippen molar-refractivity contribution in [2.45, 2.75) is 33.1 Å². The average molecular weight is 260 g/mol. The Morgan fingerprint density at radius 2 is 2.16 bits per heavy atom. The quantitative estimate of drug-likeness (QED) is 0.909. The van der Waals surface area contributed by atoms with Gasteiger partial charge in [-0.3, -0.25) is 4.57 Å². The third-order valence-electron chi connectivity index (χ3n) is 2.75. The molecule has 1 N–H and O–H groups in total. The summed E-state index contributed by atoms with van der Waals surface area (Å²) in [6, 6.07) is 1.86. The van der Waals surface area contributed by atoms with Crippen LogP contribution in [-0.4, -0.2) is 30.6 Å². The molecule has 0 aliphatic heterocycles. The fourth-order valence-electron chi connectivity index (χ4n) is 1.65. The molecular weight excluding hydrogens is 244 g/mol. The van der Waals surface area contributed by atoms with Crippen LogP contribution in [0.2, 0.25) is 0 Å². The maximum atomic E-state index is 10.8. The summed E-state index contributed by atoms with van der Waals surface area (Å²) in [5.74, 6) is 0.629. The lowest BCUT2D eigenvalue weighted by Gasteiger charge is -2.09. The van der Waals surface area contributed by atoms with Crippen molar-refractivity contribution >= 4 is 5.97 Å². The van der Waals surface area contributed by atoms with Crippen molar-refractivity contribution in [3.05, 3.63) is 35.8 Å². The molecule has 19 heavy (non-hydrogen) atoms. The SMILES string of the molecule is CCc1nc(C(C)C)cc(-n2cnc(C(=O)O)c2)n1. The molecule has 6 nitrogen and oxygen atoms in total. The van der Waals surface area contributed by atoms with Gasteiger partial charge in [0, 0.05) is 24.4 Å². The Morgan fingerprint density at radius 3 is 2.68 bits per heavy atom. The molecule has 0 amide bonds. The summed E-state index contributed by atoms with van der Waals surface area (Å²) in [6.07, 6.45) is 3.64. The van der Waals surface area contributed by atoms with Gasteiger partial charge in [0.05, 0.1) is 0 Å². The lowest BCUT2D eigenvalue weighted by Crippen LogP contribution is -2.05. The second-order valence-electron chi connectivity index (χ2n) is 4.55. The molecule has 0 spiro atoms. The number of hydrogen-bond donors (Lipinski definition) is 1. The van der Waals surface area contributed by atoms with Gasteiger partial charge in [-0.05, 0) is 5.92 Å². The Balaban J connectivity index is 2.47. The molecular formula is C13H16N4O2.